The van der Waals surface area contributed by atoms with Crippen LogP contribution in [-0.4, -0.2) is 16.2 Å². The molecule has 1 heterocycles. The number of aliphatic hydroxyl groups excluding tert-OH is 1. The van der Waals surface area contributed by atoms with Gasteiger partial charge in [0.1, 0.15) is 0 Å². The maximum Gasteiger partial charge on any atom is 0.0545 e. The van der Waals surface area contributed by atoms with Crippen LogP contribution < -0.4 is 5.73 Å². The quantitative estimate of drug-likeness (QED) is 0.859. The highest BCUT2D eigenvalue weighted by Gasteiger charge is 2.48. The molecule has 1 aromatic heterocycles. The van der Waals surface area contributed by atoms with Gasteiger partial charge in [-0.2, -0.15) is 0 Å². The van der Waals surface area contributed by atoms with Crippen molar-refractivity contribution in [1.82, 2.24) is 4.98 Å². The van der Waals surface area contributed by atoms with Gasteiger partial charge in [-0.3, -0.25) is 4.98 Å². The van der Waals surface area contributed by atoms with Crippen LogP contribution in [0, 0.1) is 11.8 Å². The number of rotatable bonds is 2. The van der Waals surface area contributed by atoms with Crippen LogP contribution in [-0.2, 0) is 5.54 Å². The van der Waals surface area contributed by atoms with Crippen molar-refractivity contribution in [2.24, 2.45) is 17.6 Å². The van der Waals surface area contributed by atoms with E-state index in [1.54, 1.807) is 0 Å². The van der Waals surface area contributed by atoms with E-state index < -0.39 is 0 Å². The van der Waals surface area contributed by atoms with E-state index in [0.717, 1.165) is 31.4 Å². The summed E-state index contributed by atoms with van der Waals surface area (Å²) in [5.41, 5.74) is 8.69. The molecule has 1 aromatic rings. The van der Waals surface area contributed by atoms with Crippen LogP contribution in [0.3, 0.4) is 0 Å². The standard InChI is InChI=1S/C16H24N2O/c1-10(2)15-4-3-13(9-18-15)16(17)7-11-5-14(19)6-12(11)8-16/h3-4,9-12,14,19H,5-8,17H2,1-2H3/t11-,12?,14?,16?/m0/s1. The molecular formula is C16H24N2O. The van der Waals surface area contributed by atoms with E-state index in [4.69, 9.17) is 5.73 Å². The molecular weight excluding hydrogens is 236 g/mol. The molecule has 3 N–H and O–H groups in total. The Morgan fingerprint density at radius 2 is 1.89 bits per heavy atom. The van der Waals surface area contributed by atoms with Crippen molar-refractivity contribution in [3.05, 3.63) is 29.6 Å². The SMILES string of the molecule is CC(C)c1ccc(C2(N)CC3CC(O)C[C@H]3C2)cn1. The van der Waals surface area contributed by atoms with Crippen molar-refractivity contribution in [1.29, 1.82) is 0 Å². The molecule has 0 saturated heterocycles. The van der Waals surface area contributed by atoms with Gasteiger partial charge in [0.2, 0.25) is 0 Å². The second-order valence-corrected chi connectivity index (χ2v) is 6.84. The van der Waals surface area contributed by atoms with Gasteiger partial charge >= 0.3 is 0 Å². The Balaban J connectivity index is 1.79. The van der Waals surface area contributed by atoms with E-state index in [2.05, 4.69) is 31.0 Å². The Kier molecular flexibility index (Phi) is 3.14. The van der Waals surface area contributed by atoms with Gasteiger partial charge in [-0.15, -0.1) is 0 Å². The predicted octanol–water partition coefficient (Wildman–Crippen LogP) is 2.54. The molecule has 2 aliphatic rings. The zero-order valence-corrected chi connectivity index (χ0v) is 11.8. The number of nitrogens with two attached hydrogens (primary N) is 1. The van der Waals surface area contributed by atoms with Crippen molar-refractivity contribution >= 4 is 0 Å². The Morgan fingerprint density at radius 1 is 1.26 bits per heavy atom. The van der Waals surface area contributed by atoms with Crippen LogP contribution in [0.1, 0.15) is 56.7 Å². The van der Waals surface area contributed by atoms with Crippen LogP contribution in [0.5, 0.6) is 0 Å². The Morgan fingerprint density at radius 3 is 2.37 bits per heavy atom. The maximum absolute atomic E-state index is 9.72. The Hall–Kier alpha value is -0.930. The van der Waals surface area contributed by atoms with E-state index >= 15 is 0 Å². The third-order valence-electron chi connectivity index (χ3n) is 5.02. The second-order valence-electron chi connectivity index (χ2n) is 6.84. The molecule has 4 atom stereocenters. The largest absolute Gasteiger partial charge is 0.393 e. The number of hydrogen-bond donors (Lipinski definition) is 2. The highest BCUT2D eigenvalue weighted by atomic mass is 16.3. The molecule has 104 valence electrons. The molecule has 2 saturated carbocycles. The first-order chi connectivity index (χ1) is 8.98. The average molecular weight is 260 g/mol. The first-order valence-electron chi connectivity index (χ1n) is 7.41. The van der Waals surface area contributed by atoms with Crippen LogP contribution in [0.4, 0.5) is 0 Å². The number of aliphatic hydroxyl groups is 1. The van der Waals surface area contributed by atoms with Crippen molar-refractivity contribution in [3.8, 4) is 0 Å². The molecule has 3 rings (SSSR count). The molecule has 0 spiro atoms. The van der Waals surface area contributed by atoms with Gasteiger partial charge in [-0.1, -0.05) is 19.9 Å². The van der Waals surface area contributed by atoms with Gasteiger partial charge in [0.05, 0.1) is 6.10 Å². The molecule has 0 bridgehead atoms. The minimum atomic E-state index is -0.224. The lowest BCUT2D eigenvalue weighted by atomic mass is 9.87. The molecule has 0 aromatic carbocycles. The average Bonchev–Trinajstić information content (AvgIpc) is 2.83. The van der Waals surface area contributed by atoms with Crippen molar-refractivity contribution < 1.29 is 5.11 Å². The van der Waals surface area contributed by atoms with Crippen molar-refractivity contribution in [3.63, 3.8) is 0 Å². The number of hydrogen-bond acceptors (Lipinski definition) is 3. The van der Waals surface area contributed by atoms with Crippen molar-refractivity contribution in [2.45, 2.75) is 57.1 Å². The summed E-state index contributed by atoms with van der Waals surface area (Å²) in [7, 11) is 0. The molecule has 2 fully saturated rings. The summed E-state index contributed by atoms with van der Waals surface area (Å²) in [5, 5.41) is 9.72. The summed E-state index contributed by atoms with van der Waals surface area (Å²) in [5.74, 6) is 1.66. The Bertz CT molecular complexity index is 440. The van der Waals surface area contributed by atoms with Crippen LogP contribution in [0.25, 0.3) is 0 Å². The van der Waals surface area contributed by atoms with Gasteiger partial charge in [0, 0.05) is 17.4 Å². The number of pyridine rings is 1. The summed E-state index contributed by atoms with van der Waals surface area (Å²) >= 11 is 0. The number of aromatic nitrogens is 1. The van der Waals surface area contributed by atoms with Crippen LogP contribution in [0.15, 0.2) is 18.3 Å². The lowest BCUT2D eigenvalue weighted by Gasteiger charge is -2.26. The third kappa shape index (κ3) is 2.30. The molecule has 3 heteroatoms. The zero-order chi connectivity index (χ0) is 13.6. The fraction of sp³-hybridized carbons (Fsp3) is 0.688. The first kappa shape index (κ1) is 13.1. The van der Waals surface area contributed by atoms with E-state index in [1.807, 2.05) is 6.20 Å². The summed E-state index contributed by atoms with van der Waals surface area (Å²) in [4.78, 5) is 4.55. The normalized spacial score (nSPS) is 37.8. The summed E-state index contributed by atoms with van der Waals surface area (Å²) < 4.78 is 0. The van der Waals surface area contributed by atoms with Gasteiger partial charge < -0.3 is 10.8 Å². The zero-order valence-electron chi connectivity index (χ0n) is 11.8. The molecule has 2 aliphatic carbocycles. The minimum absolute atomic E-state index is 0.0963. The second kappa shape index (κ2) is 4.57. The van der Waals surface area contributed by atoms with Gasteiger partial charge in [0.15, 0.2) is 0 Å². The first-order valence-corrected chi connectivity index (χ1v) is 7.41. The highest BCUT2D eigenvalue weighted by Crippen LogP contribution is 2.51. The fourth-order valence-corrected chi connectivity index (χ4v) is 3.98. The van der Waals surface area contributed by atoms with Crippen LogP contribution in [0.2, 0.25) is 0 Å². The molecule has 0 amide bonds. The van der Waals surface area contributed by atoms with E-state index in [9.17, 15) is 5.11 Å². The van der Waals surface area contributed by atoms with Crippen molar-refractivity contribution in [2.75, 3.05) is 0 Å². The monoisotopic (exact) mass is 260 g/mol. The molecule has 0 aliphatic heterocycles. The van der Waals surface area contributed by atoms with Gasteiger partial charge in [-0.05, 0) is 55.1 Å². The predicted molar refractivity (Wildman–Crippen MR) is 75.6 cm³/mol. The van der Waals surface area contributed by atoms with E-state index in [-0.39, 0.29) is 11.6 Å². The summed E-state index contributed by atoms with van der Waals surface area (Å²) in [6, 6.07) is 4.26. The summed E-state index contributed by atoms with van der Waals surface area (Å²) in [6.07, 6.45) is 5.73. The topological polar surface area (TPSA) is 59.1 Å². The van der Waals surface area contributed by atoms with Gasteiger partial charge in [0.25, 0.3) is 0 Å². The van der Waals surface area contributed by atoms with Crippen LogP contribution >= 0.6 is 0 Å². The number of fused-ring (bicyclic) bond motifs is 1. The Labute approximate surface area is 115 Å². The maximum atomic E-state index is 9.72. The van der Waals surface area contributed by atoms with E-state index in [0.29, 0.717) is 17.8 Å². The molecule has 0 radical (unpaired) electrons. The minimum Gasteiger partial charge on any atom is -0.393 e. The number of nitrogens with zero attached hydrogens (tertiary/aromatic N) is 1. The lowest BCUT2D eigenvalue weighted by Crippen LogP contribution is -2.34. The molecule has 19 heavy (non-hydrogen) atoms. The molecule has 3 nitrogen and oxygen atoms in total. The lowest BCUT2D eigenvalue weighted by molar-refractivity contribution is 0.166. The summed E-state index contributed by atoms with van der Waals surface area (Å²) in [6.45, 7) is 4.31. The fourth-order valence-electron chi connectivity index (χ4n) is 3.98. The highest BCUT2D eigenvalue weighted by molar-refractivity contribution is 5.26. The van der Waals surface area contributed by atoms with E-state index in [1.165, 1.54) is 5.56 Å². The smallest absolute Gasteiger partial charge is 0.0545 e. The third-order valence-corrected chi connectivity index (χ3v) is 5.02. The van der Waals surface area contributed by atoms with Gasteiger partial charge in [-0.25, -0.2) is 0 Å². The molecule has 3 unspecified atom stereocenters.